The van der Waals surface area contributed by atoms with Gasteiger partial charge in [0.2, 0.25) is 0 Å². The molecule has 0 amide bonds. The van der Waals surface area contributed by atoms with Gasteiger partial charge in [-0.25, -0.2) is 9.97 Å². The molecule has 6 heteroatoms. The summed E-state index contributed by atoms with van der Waals surface area (Å²) < 4.78 is 11.1. The van der Waals surface area contributed by atoms with Gasteiger partial charge in [0.1, 0.15) is 17.3 Å². The molecule has 2 aromatic heterocycles. The molecular formula is C22H20N4O2. The van der Waals surface area contributed by atoms with Crippen LogP contribution in [0.25, 0.3) is 33.4 Å². The number of fused-ring (bicyclic) bond motifs is 1. The average molecular weight is 372 g/mol. The van der Waals surface area contributed by atoms with Crippen LogP contribution in [0.3, 0.4) is 0 Å². The van der Waals surface area contributed by atoms with E-state index in [0.29, 0.717) is 5.82 Å². The summed E-state index contributed by atoms with van der Waals surface area (Å²) in [6.07, 6.45) is 3.49. The highest BCUT2D eigenvalue weighted by Gasteiger charge is 2.15. The van der Waals surface area contributed by atoms with Crippen LogP contribution in [0.2, 0.25) is 0 Å². The molecule has 0 bridgehead atoms. The molecule has 0 radical (unpaired) electrons. The number of nitrogens with one attached hydrogen (secondary N) is 1. The van der Waals surface area contributed by atoms with Gasteiger partial charge >= 0.3 is 0 Å². The maximum Gasteiger partial charge on any atom is 0.163 e. The molecule has 1 N–H and O–H groups in total. The molecule has 6 nitrogen and oxygen atoms in total. The predicted molar refractivity (Wildman–Crippen MR) is 111 cm³/mol. The third kappa shape index (κ3) is 3.09. The molecule has 140 valence electrons. The van der Waals surface area contributed by atoms with Crippen molar-refractivity contribution in [2.45, 2.75) is 0 Å². The van der Waals surface area contributed by atoms with Crippen LogP contribution < -0.4 is 14.8 Å². The van der Waals surface area contributed by atoms with Crippen molar-refractivity contribution < 1.29 is 9.47 Å². The van der Waals surface area contributed by atoms with Crippen molar-refractivity contribution in [3.05, 3.63) is 60.9 Å². The Morgan fingerprint density at radius 2 is 1.64 bits per heavy atom. The minimum Gasteiger partial charge on any atom is -0.496 e. The van der Waals surface area contributed by atoms with E-state index < -0.39 is 0 Å². The molecule has 4 rings (SSSR count). The van der Waals surface area contributed by atoms with Crippen molar-refractivity contribution in [2.75, 3.05) is 26.6 Å². The molecule has 0 atom stereocenters. The molecule has 0 spiro atoms. The second kappa shape index (κ2) is 7.52. The van der Waals surface area contributed by atoms with Gasteiger partial charge in [0, 0.05) is 30.4 Å². The summed E-state index contributed by atoms with van der Waals surface area (Å²) in [6.45, 7) is 0. The van der Waals surface area contributed by atoms with Gasteiger partial charge in [-0.1, -0.05) is 12.1 Å². The fraction of sp³-hybridized carbons (Fsp3) is 0.136. The van der Waals surface area contributed by atoms with Crippen LogP contribution in [-0.2, 0) is 0 Å². The molecule has 2 heterocycles. The molecule has 0 aliphatic heterocycles. The molecule has 0 saturated heterocycles. The van der Waals surface area contributed by atoms with E-state index in [0.717, 1.165) is 44.9 Å². The van der Waals surface area contributed by atoms with E-state index in [9.17, 15) is 0 Å². The van der Waals surface area contributed by atoms with E-state index in [1.807, 2.05) is 49.5 Å². The van der Waals surface area contributed by atoms with E-state index in [1.54, 1.807) is 26.6 Å². The van der Waals surface area contributed by atoms with Gasteiger partial charge in [-0.15, -0.1) is 0 Å². The van der Waals surface area contributed by atoms with E-state index in [4.69, 9.17) is 14.5 Å². The second-order valence-electron chi connectivity index (χ2n) is 6.16. The molecular weight excluding hydrogens is 352 g/mol. The fourth-order valence-corrected chi connectivity index (χ4v) is 3.23. The Morgan fingerprint density at radius 1 is 0.857 bits per heavy atom. The molecule has 28 heavy (non-hydrogen) atoms. The summed E-state index contributed by atoms with van der Waals surface area (Å²) in [5.41, 5.74) is 3.58. The predicted octanol–water partition coefficient (Wildman–Crippen LogP) is 4.42. The number of methoxy groups -OCH3 is 2. The fourth-order valence-electron chi connectivity index (χ4n) is 3.23. The summed E-state index contributed by atoms with van der Waals surface area (Å²) in [6, 6.07) is 15.6. The smallest absolute Gasteiger partial charge is 0.163 e. The highest BCUT2D eigenvalue weighted by atomic mass is 16.5. The zero-order valence-corrected chi connectivity index (χ0v) is 15.9. The van der Waals surface area contributed by atoms with E-state index in [-0.39, 0.29) is 0 Å². The lowest BCUT2D eigenvalue weighted by Gasteiger charge is -2.15. The molecule has 0 aliphatic carbocycles. The molecule has 4 aromatic rings. The van der Waals surface area contributed by atoms with Crippen molar-refractivity contribution in [3.63, 3.8) is 0 Å². The lowest BCUT2D eigenvalue weighted by molar-refractivity contribution is 0.397. The summed E-state index contributed by atoms with van der Waals surface area (Å²) >= 11 is 0. The lowest BCUT2D eigenvalue weighted by atomic mass is 10.0. The van der Waals surface area contributed by atoms with Gasteiger partial charge in [-0.3, -0.25) is 4.98 Å². The van der Waals surface area contributed by atoms with Crippen LogP contribution in [0.15, 0.2) is 60.9 Å². The number of anilines is 1. The zero-order valence-electron chi connectivity index (χ0n) is 15.9. The molecule has 0 unspecified atom stereocenters. The van der Waals surface area contributed by atoms with Gasteiger partial charge < -0.3 is 14.8 Å². The van der Waals surface area contributed by atoms with Gasteiger partial charge in [0.25, 0.3) is 0 Å². The highest BCUT2D eigenvalue weighted by molar-refractivity contribution is 5.95. The van der Waals surface area contributed by atoms with Crippen LogP contribution in [0.1, 0.15) is 0 Å². The first kappa shape index (κ1) is 17.7. The number of benzene rings is 2. The minimum atomic E-state index is 0.632. The SMILES string of the molecule is CNc1nc(-c2cccnc2)nc2ccc(-c3c(OC)cccc3OC)cc12. The maximum atomic E-state index is 5.55. The molecule has 0 saturated carbocycles. The van der Waals surface area contributed by atoms with Crippen molar-refractivity contribution in [3.8, 4) is 34.0 Å². The first-order valence-electron chi connectivity index (χ1n) is 8.86. The Labute approximate surface area is 163 Å². The number of hydrogen-bond donors (Lipinski definition) is 1. The maximum absolute atomic E-state index is 5.55. The summed E-state index contributed by atoms with van der Waals surface area (Å²) in [5.74, 6) is 2.88. The molecule has 0 fully saturated rings. The number of hydrogen-bond acceptors (Lipinski definition) is 6. The van der Waals surface area contributed by atoms with Crippen molar-refractivity contribution in [1.82, 2.24) is 15.0 Å². The Balaban J connectivity index is 1.92. The monoisotopic (exact) mass is 372 g/mol. The standard InChI is InChI=1S/C22H20N4O2/c1-23-22-16-12-14(20-18(27-2)7-4-8-19(20)28-3)9-10-17(16)25-21(26-22)15-6-5-11-24-13-15/h4-13H,1-3H3,(H,23,25,26). The summed E-state index contributed by atoms with van der Waals surface area (Å²) in [5, 5.41) is 4.10. The third-order valence-corrected chi connectivity index (χ3v) is 4.57. The Bertz CT molecular complexity index is 1110. The van der Waals surface area contributed by atoms with Crippen molar-refractivity contribution in [2.24, 2.45) is 0 Å². The average Bonchev–Trinajstić information content (AvgIpc) is 2.77. The van der Waals surface area contributed by atoms with Gasteiger partial charge in [-0.2, -0.15) is 0 Å². The van der Waals surface area contributed by atoms with Crippen LogP contribution in [0, 0.1) is 0 Å². The highest BCUT2D eigenvalue weighted by Crippen LogP contribution is 2.40. The second-order valence-corrected chi connectivity index (χ2v) is 6.16. The normalized spacial score (nSPS) is 10.7. The number of rotatable bonds is 5. The molecule has 0 aliphatic rings. The Kier molecular flexibility index (Phi) is 4.76. The van der Waals surface area contributed by atoms with Crippen molar-refractivity contribution in [1.29, 1.82) is 0 Å². The van der Waals surface area contributed by atoms with Crippen LogP contribution >= 0.6 is 0 Å². The third-order valence-electron chi connectivity index (χ3n) is 4.57. The Morgan fingerprint density at radius 3 is 2.29 bits per heavy atom. The largest absolute Gasteiger partial charge is 0.496 e. The van der Waals surface area contributed by atoms with E-state index >= 15 is 0 Å². The van der Waals surface area contributed by atoms with E-state index in [1.165, 1.54) is 0 Å². The Hall–Kier alpha value is -3.67. The van der Waals surface area contributed by atoms with Gasteiger partial charge in [0.05, 0.1) is 25.3 Å². The van der Waals surface area contributed by atoms with Gasteiger partial charge in [-0.05, 0) is 42.0 Å². The number of pyridine rings is 1. The summed E-state index contributed by atoms with van der Waals surface area (Å²) in [7, 11) is 5.16. The lowest BCUT2D eigenvalue weighted by Crippen LogP contribution is -1.99. The number of ether oxygens (including phenoxy) is 2. The first-order valence-corrected chi connectivity index (χ1v) is 8.86. The number of aromatic nitrogens is 3. The topological polar surface area (TPSA) is 69.2 Å². The van der Waals surface area contributed by atoms with Crippen molar-refractivity contribution >= 4 is 16.7 Å². The van der Waals surface area contributed by atoms with E-state index in [2.05, 4.69) is 21.4 Å². The molecule has 2 aromatic carbocycles. The van der Waals surface area contributed by atoms with Crippen LogP contribution in [-0.4, -0.2) is 36.2 Å². The number of nitrogens with zero attached hydrogens (tertiary/aromatic N) is 3. The van der Waals surface area contributed by atoms with Gasteiger partial charge in [0.15, 0.2) is 5.82 Å². The first-order chi connectivity index (χ1) is 13.7. The minimum absolute atomic E-state index is 0.632. The van der Waals surface area contributed by atoms with Crippen LogP contribution in [0.4, 0.5) is 5.82 Å². The quantitative estimate of drug-likeness (QED) is 0.559. The summed E-state index contributed by atoms with van der Waals surface area (Å²) in [4.78, 5) is 13.6. The zero-order chi connectivity index (χ0) is 19.5. The van der Waals surface area contributed by atoms with Crippen LogP contribution in [0.5, 0.6) is 11.5 Å².